The Balaban J connectivity index is 1.82. The number of hydrogen-bond acceptors (Lipinski definition) is 5. The van der Waals surface area contributed by atoms with Gasteiger partial charge in [-0.2, -0.15) is 4.68 Å². The summed E-state index contributed by atoms with van der Waals surface area (Å²) in [7, 11) is 1.93. The van der Waals surface area contributed by atoms with Crippen molar-refractivity contribution in [1.29, 1.82) is 0 Å². The van der Waals surface area contributed by atoms with Crippen LogP contribution in [0.2, 0.25) is 0 Å². The first kappa shape index (κ1) is 13.2. The zero-order valence-electron chi connectivity index (χ0n) is 10.9. The van der Waals surface area contributed by atoms with Gasteiger partial charge in [-0.25, -0.2) is 0 Å². The highest BCUT2D eigenvalue weighted by Crippen LogP contribution is 2.35. The van der Waals surface area contributed by atoms with Crippen LogP contribution in [0.4, 0.5) is 5.82 Å². The fourth-order valence-corrected chi connectivity index (χ4v) is 2.73. The summed E-state index contributed by atoms with van der Waals surface area (Å²) in [6, 6.07) is 0. The van der Waals surface area contributed by atoms with Gasteiger partial charge in [0.2, 0.25) is 0 Å². The molecular formula is C11H13BrN6O2. The molecule has 2 aromatic heterocycles. The van der Waals surface area contributed by atoms with Crippen LogP contribution in [0.3, 0.4) is 0 Å². The molecule has 1 saturated carbocycles. The Bertz CT molecular complexity index is 660. The van der Waals surface area contributed by atoms with E-state index in [1.807, 2.05) is 11.6 Å². The van der Waals surface area contributed by atoms with Crippen molar-refractivity contribution in [1.82, 2.24) is 24.5 Å². The Hall–Kier alpha value is -1.77. The minimum absolute atomic E-state index is 0.189. The number of hydrogen-bond donors (Lipinski definition) is 0. The third-order valence-electron chi connectivity index (χ3n) is 3.64. The number of nitrogens with zero attached hydrogens (tertiary/aromatic N) is 6. The van der Waals surface area contributed by atoms with Crippen LogP contribution in [0.15, 0.2) is 10.7 Å². The van der Waals surface area contributed by atoms with E-state index < -0.39 is 4.92 Å². The lowest BCUT2D eigenvalue weighted by molar-refractivity contribution is -0.390. The molecule has 0 unspecified atom stereocenters. The van der Waals surface area contributed by atoms with Crippen molar-refractivity contribution < 1.29 is 4.92 Å². The van der Waals surface area contributed by atoms with Gasteiger partial charge in [-0.3, -0.25) is 0 Å². The van der Waals surface area contributed by atoms with Crippen LogP contribution in [0.25, 0.3) is 0 Å². The smallest absolute Gasteiger partial charge is 0.358 e. The minimum atomic E-state index is -0.517. The molecule has 0 saturated heterocycles. The molecule has 1 aliphatic carbocycles. The van der Waals surface area contributed by atoms with Crippen LogP contribution < -0.4 is 0 Å². The van der Waals surface area contributed by atoms with Gasteiger partial charge in [0.05, 0.1) is 11.3 Å². The molecule has 1 aliphatic rings. The molecule has 3 rings (SSSR count). The van der Waals surface area contributed by atoms with Gasteiger partial charge in [0.15, 0.2) is 5.82 Å². The van der Waals surface area contributed by atoms with Crippen molar-refractivity contribution in [3.8, 4) is 0 Å². The first-order valence-electron chi connectivity index (χ1n) is 6.31. The van der Waals surface area contributed by atoms with Crippen molar-refractivity contribution in [2.45, 2.75) is 31.7 Å². The van der Waals surface area contributed by atoms with Gasteiger partial charge in [0, 0.05) is 13.0 Å². The fourth-order valence-electron chi connectivity index (χ4n) is 2.27. The lowest BCUT2D eigenvalue weighted by atomic mass is 9.85. The molecule has 2 aromatic rings. The molecule has 0 N–H and O–H groups in total. The number of nitro groups is 1. The second-order valence-electron chi connectivity index (χ2n) is 4.92. The maximum atomic E-state index is 10.8. The Morgan fingerprint density at radius 3 is 2.80 bits per heavy atom. The average molecular weight is 341 g/mol. The van der Waals surface area contributed by atoms with E-state index in [0.29, 0.717) is 16.9 Å². The zero-order valence-corrected chi connectivity index (χ0v) is 12.4. The van der Waals surface area contributed by atoms with Gasteiger partial charge >= 0.3 is 5.82 Å². The predicted molar refractivity (Wildman–Crippen MR) is 73.3 cm³/mol. The van der Waals surface area contributed by atoms with Gasteiger partial charge in [-0.1, -0.05) is 6.42 Å². The Morgan fingerprint density at radius 2 is 2.25 bits per heavy atom. The maximum Gasteiger partial charge on any atom is 0.404 e. The Kier molecular flexibility index (Phi) is 3.28. The molecule has 0 bridgehead atoms. The summed E-state index contributed by atoms with van der Waals surface area (Å²) in [5, 5.41) is 23.1. The molecule has 0 aromatic carbocycles. The van der Waals surface area contributed by atoms with Gasteiger partial charge in [-0.15, -0.1) is 10.2 Å². The average Bonchev–Trinajstić information content (AvgIpc) is 2.85. The number of aromatic nitrogens is 5. The normalized spacial score (nSPS) is 15.3. The number of halogens is 1. The summed E-state index contributed by atoms with van der Waals surface area (Å²) in [6.45, 7) is 0.364. The fraction of sp³-hybridized carbons (Fsp3) is 0.545. The first-order valence-corrected chi connectivity index (χ1v) is 7.11. The van der Waals surface area contributed by atoms with E-state index in [0.717, 1.165) is 24.5 Å². The van der Waals surface area contributed by atoms with Crippen LogP contribution in [-0.2, 0) is 13.6 Å². The minimum Gasteiger partial charge on any atom is -0.358 e. The molecule has 20 heavy (non-hydrogen) atoms. The van der Waals surface area contributed by atoms with Gasteiger partial charge in [0.25, 0.3) is 0 Å². The van der Waals surface area contributed by atoms with E-state index >= 15 is 0 Å². The summed E-state index contributed by atoms with van der Waals surface area (Å²) in [5.41, 5.74) is 0. The molecule has 0 aliphatic heterocycles. The van der Waals surface area contributed by atoms with Crippen LogP contribution in [-0.4, -0.2) is 29.5 Å². The second-order valence-corrected chi connectivity index (χ2v) is 5.77. The zero-order chi connectivity index (χ0) is 14.3. The molecule has 0 spiro atoms. The van der Waals surface area contributed by atoms with Gasteiger partial charge in [-0.05, 0) is 33.7 Å². The van der Waals surface area contributed by atoms with Crippen LogP contribution in [0.1, 0.15) is 36.8 Å². The van der Waals surface area contributed by atoms with Crippen molar-refractivity contribution in [3.05, 3.63) is 32.4 Å². The highest BCUT2D eigenvalue weighted by molar-refractivity contribution is 9.10. The Labute approximate surface area is 123 Å². The predicted octanol–water partition coefficient (Wildman–Crippen LogP) is 2.00. The van der Waals surface area contributed by atoms with E-state index in [2.05, 4.69) is 31.2 Å². The third kappa shape index (κ3) is 2.21. The highest BCUT2D eigenvalue weighted by Gasteiger charge is 2.26. The monoisotopic (exact) mass is 340 g/mol. The van der Waals surface area contributed by atoms with Gasteiger partial charge < -0.3 is 14.7 Å². The SMILES string of the molecule is Cn1c(Cn2cc(Br)c([N+](=O)[O-])n2)nnc1C1CCC1. The topological polar surface area (TPSA) is 91.7 Å². The highest BCUT2D eigenvalue weighted by atomic mass is 79.9. The summed E-state index contributed by atoms with van der Waals surface area (Å²) in [6.07, 6.45) is 5.14. The van der Waals surface area contributed by atoms with Crippen molar-refractivity contribution >= 4 is 21.7 Å². The molecule has 1 fully saturated rings. The van der Waals surface area contributed by atoms with Gasteiger partial charge in [0.1, 0.15) is 16.8 Å². The van der Waals surface area contributed by atoms with Crippen molar-refractivity contribution in [2.24, 2.45) is 7.05 Å². The van der Waals surface area contributed by atoms with E-state index in [4.69, 9.17) is 0 Å². The van der Waals surface area contributed by atoms with Crippen LogP contribution in [0, 0.1) is 10.1 Å². The molecule has 0 radical (unpaired) electrons. The molecule has 2 heterocycles. The van der Waals surface area contributed by atoms with E-state index in [1.54, 1.807) is 6.20 Å². The van der Waals surface area contributed by atoms with E-state index in [-0.39, 0.29) is 5.82 Å². The lowest BCUT2D eigenvalue weighted by Gasteiger charge is -2.24. The molecule has 0 amide bonds. The molecule has 106 valence electrons. The van der Waals surface area contributed by atoms with Crippen molar-refractivity contribution in [3.63, 3.8) is 0 Å². The first-order chi connectivity index (χ1) is 9.56. The Morgan fingerprint density at radius 1 is 1.50 bits per heavy atom. The molecule has 8 nitrogen and oxygen atoms in total. The summed E-state index contributed by atoms with van der Waals surface area (Å²) >= 11 is 3.13. The number of rotatable bonds is 4. The second kappa shape index (κ2) is 4.97. The molecule has 9 heteroatoms. The largest absolute Gasteiger partial charge is 0.404 e. The molecule has 0 atom stereocenters. The summed E-state index contributed by atoms with van der Waals surface area (Å²) in [4.78, 5) is 10.2. The maximum absolute atomic E-state index is 10.8. The van der Waals surface area contributed by atoms with Crippen LogP contribution in [0.5, 0.6) is 0 Å². The summed E-state index contributed by atoms with van der Waals surface area (Å²) < 4.78 is 3.83. The standard InChI is InChI=1S/C11H13BrN6O2/c1-16-9(13-14-10(16)7-3-2-4-7)6-17-5-8(12)11(15-17)18(19)20/h5,7H,2-4,6H2,1H3. The van der Waals surface area contributed by atoms with E-state index in [1.165, 1.54) is 11.1 Å². The van der Waals surface area contributed by atoms with E-state index in [9.17, 15) is 10.1 Å². The quantitative estimate of drug-likeness (QED) is 0.626. The van der Waals surface area contributed by atoms with Crippen LogP contribution >= 0.6 is 15.9 Å². The summed E-state index contributed by atoms with van der Waals surface area (Å²) in [5.74, 6) is 2.05. The third-order valence-corrected chi connectivity index (χ3v) is 4.20. The lowest BCUT2D eigenvalue weighted by Crippen LogP contribution is -2.15. The van der Waals surface area contributed by atoms with Crippen molar-refractivity contribution in [2.75, 3.05) is 0 Å². The molecular weight excluding hydrogens is 328 g/mol.